The van der Waals surface area contributed by atoms with Crippen LogP contribution in [0.3, 0.4) is 0 Å². The molecule has 0 aromatic carbocycles. The van der Waals surface area contributed by atoms with Gasteiger partial charge in [0.05, 0.1) is 19.3 Å². The molecule has 30 heavy (non-hydrogen) atoms. The average molecular weight is 431 g/mol. The topological polar surface area (TPSA) is 49.5 Å². The van der Waals surface area contributed by atoms with Gasteiger partial charge in [0.1, 0.15) is 0 Å². The van der Waals surface area contributed by atoms with Gasteiger partial charge in [-0.3, -0.25) is 0 Å². The van der Waals surface area contributed by atoms with Crippen molar-refractivity contribution in [1.29, 1.82) is 0 Å². The number of epoxide rings is 1. The van der Waals surface area contributed by atoms with Crippen LogP contribution in [0.2, 0.25) is 0 Å². The molecule has 1 saturated heterocycles. The summed E-state index contributed by atoms with van der Waals surface area (Å²) in [5, 5.41) is 0. The van der Waals surface area contributed by atoms with Gasteiger partial charge >= 0.3 is 0 Å². The van der Waals surface area contributed by atoms with E-state index in [1.54, 1.807) is 0 Å². The summed E-state index contributed by atoms with van der Waals surface area (Å²) in [6, 6.07) is 0. The second-order valence-electron chi connectivity index (χ2n) is 8.38. The van der Waals surface area contributed by atoms with Crippen molar-refractivity contribution in [3.63, 3.8) is 0 Å². The lowest BCUT2D eigenvalue weighted by atomic mass is 10.0. The Hall–Kier alpha value is -0.200. The van der Waals surface area contributed by atoms with Crippen molar-refractivity contribution in [1.82, 2.24) is 0 Å². The standard InChI is InChI=1S/C25H50O5/c1-5-23(24-22-27-24)21-26-20-18-16-14-12-10-9-11-13-15-17-19-25(28-6-2,29-7-3)30-8-4/h23-24H,5-22H2,1-4H3. The van der Waals surface area contributed by atoms with Gasteiger partial charge in [-0.15, -0.1) is 0 Å². The first-order chi connectivity index (χ1) is 14.7. The van der Waals surface area contributed by atoms with E-state index < -0.39 is 5.97 Å². The largest absolute Gasteiger partial charge is 0.381 e. The highest BCUT2D eigenvalue weighted by Crippen LogP contribution is 2.25. The first-order valence-electron chi connectivity index (χ1n) is 12.8. The van der Waals surface area contributed by atoms with Crippen molar-refractivity contribution >= 4 is 0 Å². The van der Waals surface area contributed by atoms with Gasteiger partial charge < -0.3 is 23.7 Å². The minimum absolute atomic E-state index is 0.483. The maximum atomic E-state index is 5.83. The highest BCUT2D eigenvalue weighted by Gasteiger charge is 2.32. The number of unbranched alkanes of at least 4 members (excludes halogenated alkanes) is 9. The quantitative estimate of drug-likeness (QED) is 0.105. The lowest BCUT2D eigenvalue weighted by Crippen LogP contribution is -2.39. The van der Waals surface area contributed by atoms with Gasteiger partial charge in [-0.25, -0.2) is 0 Å². The van der Waals surface area contributed by atoms with Crippen LogP contribution in [-0.4, -0.2) is 51.7 Å². The van der Waals surface area contributed by atoms with Crippen molar-refractivity contribution in [3.8, 4) is 0 Å². The zero-order valence-electron chi connectivity index (χ0n) is 20.4. The second kappa shape index (κ2) is 18.4. The summed E-state index contributed by atoms with van der Waals surface area (Å²) in [5.74, 6) is -0.218. The molecule has 0 N–H and O–H groups in total. The fourth-order valence-electron chi connectivity index (χ4n) is 4.01. The molecule has 1 fully saturated rings. The third-order valence-electron chi connectivity index (χ3n) is 5.86. The van der Waals surface area contributed by atoms with E-state index in [0.717, 1.165) is 39.1 Å². The van der Waals surface area contributed by atoms with E-state index in [4.69, 9.17) is 23.7 Å². The van der Waals surface area contributed by atoms with Crippen LogP contribution in [0.15, 0.2) is 0 Å². The fourth-order valence-corrected chi connectivity index (χ4v) is 4.01. The second-order valence-corrected chi connectivity index (χ2v) is 8.38. The third kappa shape index (κ3) is 13.3. The number of rotatable bonds is 23. The van der Waals surface area contributed by atoms with Gasteiger partial charge in [-0.05, 0) is 40.0 Å². The Bertz CT molecular complexity index is 356. The molecule has 0 bridgehead atoms. The molecule has 2 unspecified atom stereocenters. The zero-order chi connectivity index (χ0) is 21.9. The lowest BCUT2D eigenvalue weighted by molar-refractivity contribution is -0.380. The van der Waals surface area contributed by atoms with E-state index >= 15 is 0 Å². The van der Waals surface area contributed by atoms with E-state index in [0.29, 0.717) is 31.8 Å². The fraction of sp³-hybridized carbons (Fsp3) is 1.00. The van der Waals surface area contributed by atoms with Gasteiger partial charge in [-0.2, -0.15) is 0 Å². The summed E-state index contributed by atoms with van der Waals surface area (Å²) in [6.45, 7) is 12.8. The maximum absolute atomic E-state index is 5.83. The maximum Gasteiger partial charge on any atom is 0.282 e. The molecular formula is C25H50O5. The van der Waals surface area contributed by atoms with Crippen LogP contribution < -0.4 is 0 Å². The van der Waals surface area contributed by atoms with Crippen LogP contribution >= 0.6 is 0 Å². The van der Waals surface area contributed by atoms with Crippen molar-refractivity contribution in [2.45, 2.75) is 117 Å². The Labute approximate surface area is 186 Å². The molecule has 2 atom stereocenters. The van der Waals surface area contributed by atoms with Crippen LogP contribution in [0.5, 0.6) is 0 Å². The molecule has 0 spiro atoms. The molecule has 5 nitrogen and oxygen atoms in total. The zero-order valence-corrected chi connectivity index (χ0v) is 20.4. The van der Waals surface area contributed by atoms with Crippen LogP contribution in [-0.2, 0) is 23.7 Å². The van der Waals surface area contributed by atoms with Gasteiger partial charge in [0.25, 0.3) is 5.97 Å². The first-order valence-corrected chi connectivity index (χ1v) is 12.8. The van der Waals surface area contributed by atoms with Gasteiger partial charge in [0, 0.05) is 38.8 Å². The molecule has 1 aliphatic rings. The van der Waals surface area contributed by atoms with Crippen molar-refractivity contribution < 1.29 is 23.7 Å². The molecule has 0 amide bonds. The smallest absolute Gasteiger partial charge is 0.282 e. The minimum Gasteiger partial charge on any atom is -0.381 e. The van der Waals surface area contributed by atoms with Crippen LogP contribution in [0.25, 0.3) is 0 Å². The van der Waals surface area contributed by atoms with Gasteiger partial charge in [0.15, 0.2) is 0 Å². The molecule has 0 radical (unpaired) electrons. The van der Waals surface area contributed by atoms with E-state index in [1.807, 2.05) is 20.8 Å². The van der Waals surface area contributed by atoms with Gasteiger partial charge in [-0.1, -0.05) is 58.3 Å². The molecular weight excluding hydrogens is 380 g/mol. The summed E-state index contributed by atoms with van der Waals surface area (Å²) in [7, 11) is 0. The Morgan fingerprint density at radius 3 is 1.63 bits per heavy atom. The third-order valence-corrected chi connectivity index (χ3v) is 5.86. The highest BCUT2D eigenvalue weighted by molar-refractivity contribution is 4.77. The highest BCUT2D eigenvalue weighted by atomic mass is 16.9. The molecule has 1 rings (SSSR count). The van der Waals surface area contributed by atoms with Crippen molar-refractivity contribution in [3.05, 3.63) is 0 Å². The lowest BCUT2D eigenvalue weighted by Gasteiger charge is -2.32. The summed E-state index contributed by atoms with van der Waals surface area (Å²) >= 11 is 0. The summed E-state index contributed by atoms with van der Waals surface area (Å²) in [6.07, 6.45) is 15.3. The van der Waals surface area contributed by atoms with Crippen molar-refractivity contribution in [2.75, 3.05) is 39.6 Å². The SMILES string of the molecule is CCOC(CCCCCCCCCCCCOCC(CC)C1CO1)(OCC)OCC. The predicted molar refractivity (Wildman–Crippen MR) is 123 cm³/mol. The molecule has 1 heterocycles. The molecule has 5 heteroatoms. The van der Waals surface area contributed by atoms with Crippen LogP contribution in [0.1, 0.15) is 105 Å². The monoisotopic (exact) mass is 430 g/mol. The minimum atomic E-state index is -0.828. The molecule has 0 aliphatic carbocycles. The summed E-state index contributed by atoms with van der Waals surface area (Å²) in [4.78, 5) is 0. The molecule has 0 aromatic heterocycles. The van der Waals surface area contributed by atoms with Crippen LogP contribution in [0.4, 0.5) is 0 Å². The summed E-state index contributed by atoms with van der Waals surface area (Å²) in [5.41, 5.74) is 0. The Morgan fingerprint density at radius 2 is 1.20 bits per heavy atom. The van der Waals surface area contributed by atoms with Gasteiger partial charge in [0.2, 0.25) is 0 Å². The van der Waals surface area contributed by atoms with E-state index in [-0.39, 0.29) is 0 Å². The van der Waals surface area contributed by atoms with Crippen LogP contribution in [0, 0.1) is 5.92 Å². The molecule has 180 valence electrons. The van der Waals surface area contributed by atoms with E-state index in [1.165, 1.54) is 57.8 Å². The number of ether oxygens (including phenoxy) is 5. The van der Waals surface area contributed by atoms with Crippen molar-refractivity contribution in [2.24, 2.45) is 5.92 Å². The average Bonchev–Trinajstić information content (AvgIpc) is 3.57. The van der Waals surface area contributed by atoms with E-state index in [9.17, 15) is 0 Å². The Balaban J connectivity index is 1.88. The number of hydrogen-bond acceptors (Lipinski definition) is 5. The Morgan fingerprint density at radius 1 is 0.733 bits per heavy atom. The Kier molecular flexibility index (Phi) is 17.1. The molecule has 0 aromatic rings. The normalized spacial score (nSPS) is 17.4. The van der Waals surface area contributed by atoms with E-state index in [2.05, 4.69) is 6.92 Å². The molecule has 0 saturated carbocycles. The predicted octanol–water partition coefficient (Wildman–Crippen LogP) is 6.48. The first kappa shape index (κ1) is 27.8. The molecule has 1 aliphatic heterocycles. The number of hydrogen-bond donors (Lipinski definition) is 0. The summed E-state index contributed by atoms with van der Waals surface area (Å²) < 4.78 is 28.6.